The van der Waals surface area contributed by atoms with Gasteiger partial charge in [0, 0.05) is 16.6 Å². The van der Waals surface area contributed by atoms with Crippen molar-refractivity contribution >= 4 is 27.8 Å². The van der Waals surface area contributed by atoms with E-state index < -0.39 is 0 Å². The Hall–Kier alpha value is -3.06. The topological polar surface area (TPSA) is 3.24 Å². The molecule has 136 valence electrons. The van der Waals surface area contributed by atoms with E-state index in [1.54, 1.807) is 5.56 Å². The molecule has 1 heterocycles. The lowest BCUT2D eigenvalue weighted by atomic mass is 9.86. The Labute approximate surface area is 166 Å². The summed E-state index contributed by atoms with van der Waals surface area (Å²) in [6.45, 7) is 4.77. The lowest BCUT2D eigenvalue weighted by Gasteiger charge is -2.34. The minimum atomic E-state index is 0.615. The Morgan fingerprint density at radius 2 is 1.46 bits per heavy atom. The van der Waals surface area contributed by atoms with Crippen molar-refractivity contribution in [2.45, 2.75) is 32.1 Å². The van der Waals surface area contributed by atoms with Gasteiger partial charge in [-0.25, -0.2) is 0 Å². The zero-order chi connectivity index (χ0) is 18.8. The molecule has 0 radical (unpaired) electrons. The normalized spacial score (nSPS) is 19.6. The maximum atomic E-state index is 2.48. The molecule has 0 saturated carbocycles. The van der Waals surface area contributed by atoms with E-state index in [1.807, 2.05) is 0 Å². The maximum Gasteiger partial charge on any atom is 0.0549 e. The Balaban J connectivity index is 1.79. The first-order valence-corrected chi connectivity index (χ1v) is 10.3. The largest absolute Gasteiger partial charge is 0.309 e. The fourth-order valence-corrected chi connectivity index (χ4v) is 5.52. The van der Waals surface area contributed by atoms with Crippen molar-refractivity contribution in [2.75, 3.05) is 4.90 Å². The highest BCUT2D eigenvalue weighted by molar-refractivity contribution is 6.15. The molecule has 4 aromatic rings. The molecule has 2 unspecified atom stereocenters. The summed E-state index contributed by atoms with van der Waals surface area (Å²) in [6.07, 6.45) is 1.25. The fourth-order valence-electron chi connectivity index (χ4n) is 5.52. The van der Waals surface area contributed by atoms with Crippen molar-refractivity contribution in [3.8, 4) is 11.1 Å². The molecular weight excluding hydrogens is 338 g/mol. The molecule has 0 spiro atoms. The molecule has 4 aromatic carbocycles. The van der Waals surface area contributed by atoms with Crippen LogP contribution in [0.3, 0.4) is 0 Å². The first-order chi connectivity index (χ1) is 13.7. The summed E-state index contributed by atoms with van der Waals surface area (Å²) < 4.78 is 0. The highest BCUT2D eigenvalue weighted by atomic mass is 15.2. The number of hydrogen-bond donors (Lipinski definition) is 0. The van der Waals surface area contributed by atoms with Crippen LogP contribution in [0.25, 0.3) is 21.9 Å². The zero-order valence-electron chi connectivity index (χ0n) is 16.3. The van der Waals surface area contributed by atoms with E-state index in [1.165, 1.54) is 50.9 Å². The minimum Gasteiger partial charge on any atom is -0.309 e. The molecule has 2 atom stereocenters. The zero-order valence-corrected chi connectivity index (χ0v) is 16.3. The summed E-state index contributed by atoms with van der Waals surface area (Å²) in [7, 11) is 0. The number of hydrogen-bond acceptors (Lipinski definition) is 1. The van der Waals surface area contributed by atoms with Gasteiger partial charge in [0.1, 0.15) is 0 Å². The summed E-state index contributed by atoms with van der Waals surface area (Å²) >= 11 is 0. The first kappa shape index (κ1) is 15.9. The second-order valence-corrected chi connectivity index (χ2v) is 8.35. The van der Waals surface area contributed by atoms with Crippen LogP contribution in [0, 0.1) is 0 Å². The monoisotopic (exact) mass is 361 g/mol. The number of rotatable bonds is 1. The summed E-state index contributed by atoms with van der Waals surface area (Å²) in [4.78, 5) is 2.46. The van der Waals surface area contributed by atoms with Crippen LogP contribution >= 0.6 is 0 Å². The van der Waals surface area contributed by atoms with Gasteiger partial charge in [0.15, 0.2) is 0 Å². The Morgan fingerprint density at radius 1 is 0.714 bits per heavy atom. The highest BCUT2D eigenvalue weighted by Gasteiger charge is 2.33. The van der Waals surface area contributed by atoms with Gasteiger partial charge in [0.2, 0.25) is 0 Å². The van der Waals surface area contributed by atoms with Crippen LogP contribution in [-0.2, 0) is 0 Å². The molecule has 6 rings (SSSR count). The van der Waals surface area contributed by atoms with Crippen molar-refractivity contribution in [3.05, 3.63) is 90.0 Å². The van der Waals surface area contributed by atoms with Gasteiger partial charge in [-0.15, -0.1) is 0 Å². The van der Waals surface area contributed by atoms with Gasteiger partial charge in [-0.2, -0.15) is 0 Å². The SMILES string of the molecule is CC1CC(C)c2c1cc1c3c(cccc23)-c2ccccc2N1c1ccccc1. The molecule has 0 N–H and O–H groups in total. The standard InChI is InChI=1S/C27H23N/c1-17-15-18(2)26-22-13-8-12-21-20-11-6-7-14-24(20)28(19-9-4-3-5-10-19)25(27(21)22)16-23(17)26/h3-14,16-18H,15H2,1-2H3. The van der Waals surface area contributed by atoms with E-state index in [2.05, 4.69) is 97.6 Å². The van der Waals surface area contributed by atoms with Crippen LogP contribution in [0.4, 0.5) is 17.1 Å². The van der Waals surface area contributed by atoms with Crippen molar-refractivity contribution in [3.63, 3.8) is 0 Å². The van der Waals surface area contributed by atoms with Gasteiger partial charge < -0.3 is 4.90 Å². The van der Waals surface area contributed by atoms with Gasteiger partial charge in [-0.3, -0.25) is 0 Å². The molecule has 2 aliphatic rings. The Bertz CT molecular complexity index is 1220. The van der Waals surface area contributed by atoms with Crippen LogP contribution in [0.1, 0.15) is 43.2 Å². The van der Waals surface area contributed by atoms with Gasteiger partial charge >= 0.3 is 0 Å². The average molecular weight is 361 g/mol. The summed E-state index contributed by atoms with van der Waals surface area (Å²) in [5.74, 6) is 1.24. The van der Waals surface area contributed by atoms with Crippen molar-refractivity contribution in [2.24, 2.45) is 0 Å². The molecular formula is C27H23N. The molecule has 0 aromatic heterocycles. The van der Waals surface area contributed by atoms with Gasteiger partial charge in [0.25, 0.3) is 0 Å². The Morgan fingerprint density at radius 3 is 2.32 bits per heavy atom. The molecule has 0 saturated heterocycles. The molecule has 0 amide bonds. The molecule has 0 fully saturated rings. The number of nitrogens with zero attached hydrogens (tertiary/aromatic N) is 1. The molecule has 1 heteroatoms. The molecule has 0 bridgehead atoms. The van der Waals surface area contributed by atoms with E-state index in [4.69, 9.17) is 0 Å². The van der Waals surface area contributed by atoms with E-state index >= 15 is 0 Å². The third-order valence-electron chi connectivity index (χ3n) is 6.64. The summed E-state index contributed by atoms with van der Waals surface area (Å²) in [5, 5.41) is 2.85. The lowest BCUT2D eigenvalue weighted by molar-refractivity contribution is 0.662. The number of anilines is 3. The van der Waals surface area contributed by atoms with Crippen LogP contribution in [0.2, 0.25) is 0 Å². The number of fused-ring (bicyclic) bond motifs is 4. The fraction of sp³-hybridized carbons (Fsp3) is 0.185. The van der Waals surface area contributed by atoms with Crippen LogP contribution in [-0.4, -0.2) is 0 Å². The smallest absolute Gasteiger partial charge is 0.0549 e. The first-order valence-electron chi connectivity index (χ1n) is 10.3. The molecule has 1 nitrogen and oxygen atoms in total. The molecule has 1 aliphatic carbocycles. The summed E-state index contributed by atoms with van der Waals surface area (Å²) in [5.41, 5.74) is 9.62. The minimum absolute atomic E-state index is 0.615. The van der Waals surface area contributed by atoms with Crippen LogP contribution < -0.4 is 4.90 Å². The highest BCUT2D eigenvalue weighted by Crippen LogP contribution is 2.55. The maximum absolute atomic E-state index is 2.48. The number of benzene rings is 4. The van der Waals surface area contributed by atoms with E-state index in [-0.39, 0.29) is 0 Å². The lowest BCUT2D eigenvalue weighted by Crippen LogP contribution is -2.15. The van der Waals surface area contributed by atoms with E-state index in [0.29, 0.717) is 11.8 Å². The Kier molecular flexibility index (Phi) is 3.26. The molecule has 28 heavy (non-hydrogen) atoms. The third kappa shape index (κ3) is 2.02. The third-order valence-corrected chi connectivity index (χ3v) is 6.64. The average Bonchev–Trinajstić information content (AvgIpc) is 3.02. The molecule has 1 aliphatic heterocycles. The predicted octanol–water partition coefficient (Wildman–Crippen LogP) is 7.90. The summed E-state index contributed by atoms with van der Waals surface area (Å²) in [6, 6.07) is 29.0. The van der Waals surface area contributed by atoms with Gasteiger partial charge in [-0.05, 0) is 64.6 Å². The predicted molar refractivity (Wildman–Crippen MR) is 119 cm³/mol. The van der Waals surface area contributed by atoms with Gasteiger partial charge in [-0.1, -0.05) is 68.4 Å². The number of para-hydroxylation sites is 2. The quantitative estimate of drug-likeness (QED) is 0.293. The van der Waals surface area contributed by atoms with Gasteiger partial charge in [0.05, 0.1) is 11.4 Å². The van der Waals surface area contributed by atoms with Crippen molar-refractivity contribution < 1.29 is 0 Å². The van der Waals surface area contributed by atoms with Crippen molar-refractivity contribution in [1.29, 1.82) is 0 Å². The second-order valence-electron chi connectivity index (χ2n) is 8.35. The van der Waals surface area contributed by atoms with E-state index in [0.717, 1.165) is 0 Å². The van der Waals surface area contributed by atoms with E-state index in [9.17, 15) is 0 Å². The second kappa shape index (κ2) is 5.72. The van der Waals surface area contributed by atoms with Crippen molar-refractivity contribution in [1.82, 2.24) is 0 Å². The van der Waals surface area contributed by atoms with Crippen LogP contribution in [0.15, 0.2) is 78.9 Å². The van der Waals surface area contributed by atoms with Crippen LogP contribution in [0.5, 0.6) is 0 Å².